The van der Waals surface area contributed by atoms with Crippen molar-refractivity contribution < 1.29 is 14.4 Å². The van der Waals surface area contributed by atoms with Gasteiger partial charge in [0.15, 0.2) is 5.65 Å². The molecule has 204 valence electrons. The van der Waals surface area contributed by atoms with Gasteiger partial charge in [0.1, 0.15) is 35.9 Å². The van der Waals surface area contributed by atoms with E-state index in [2.05, 4.69) is 42.1 Å². The van der Waals surface area contributed by atoms with E-state index >= 15 is 0 Å². The van der Waals surface area contributed by atoms with Crippen molar-refractivity contribution in [3.63, 3.8) is 0 Å². The minimum absolute atomic E-state index is 0.00532. The van der Waals surface area contributed by atoms with Crippen LogP contribution in [0.2, 0.25) is 0 Å². The van der Waals surface area contributed by atoms with Crippen LogP contribution in [0.5, 0.6) is 0 Å². The van der Waals surface area contributed by atoms with E-state index in [4.69, 9.17) is 0 Å². The molecule has 2 aliphatic carbocycles. The molecular weight excluding hydrogens is 522 g/mol. The molecule has 0 aromatic carbocycles. The predicted octanol–water partition coefficient (Wildman–Crippen LogP) is 2.64. The Morgan fingerprint density at radius 3 is 2.63 bits per heavy atom. The number of imide groups is 1. The monoisotopic (exact) mass is 547 g/mol. The quantitative estimate of drug-likeness (QED) is 0.297. The second-order valence-corrected chi connectivity index (χ2v) is 10.6. The lowest BCUT2D eigenvalue weighted by Gasteiger charge is -2.17. The topological polar surface area (TPSA) is 139 Å². The summed E-state index contributed by atoms with van der Waals surface area (Å²) in [6, 6.07) is 5.02. The van der Waals surface area contributed by atoms with Gasteiger partial charge in [-0.3, -0.25) is 19.4 Å². The van der Waals surface area contributed by atoms with Crippen LogP contribution >= 0.6 is 0 Å². The molecule has 0 bridgehead atoms. The van der Waals surface area contributed by atoms with E-state index < -0.39 is 0 Å². The highest BCUT2D eigenvalue weighted by Crippen LogP contribution is 2.46. The van der Waals surface area contributed by atoms with Crippen molar-refractivity contribution in [2.45, 2.75) is 38.0 Å². The van der Waals surface area contributed by atoms with Gasteiger partial charge in [0.25, 0.3) is 0 Å². The Balaban J connectivity index is 1.11. The Morgan fingerprint density at radius 2 is 1.88 bits per heavy atom. The average molecular weight is 548 g/mol. The Morgan fingerprint density at radius 1 is 1.05 bits per heavy atom. The summed E-state index contributed by atoms with van der Waals surface area (Å²) in [5.74, 6) is 6.90. The van der Waals surface area contributed by atoms with Gasteiger partial charge in [-0.25, -0.2) is 29.7 Å². The first-order valence-electron chi connectivity index (χ1n) is 13.4. The van der Waals surface area contributed by atoms with Crippen molar-refractivity contribution in [2.75, 3.05) is 23.8 Å². The zero-order valence-corrected chi connectivity index (χ0v) is 22.4. The molecule has 1 N–H and O–H groups in total. The average Bonchev–Trinajstić information content (AvgIpc) is 3.89. The highest BCUT2D eigenvalue weighted by molar-refractivity contribution is 6.13. The van der Waals surface area contributed by atoms with Gasteiger partial charge in [-0.15, -0.1) is 0 Å². The molecule has 41 heavy (non-hydrogen) atoms. The highest BCUT2D eigenvalue weighted by atomic mass is 16.2. The number of nitrogens with one attached hydrogen (secondary N) is 1. The summed E-state index contributed by atoms with van der Waals surface area (Å²) in [6.07, 6.45) is 9.74. The molecule has 12 nitrogen and oxygen atoms in total. The van der Waals surface area contributed by atoms with Gasteiger partial charge in [0.2, 0.25) is 11.8 Å². The van der Waals surface area contributed by atoms with E-state index in [1.807, 2.05) is 29.7 Å². The second kappa shape index (κ2) is 9.48. The first-order valence-corrected chi connectivity index (χ1v) is 13.4. The summed E-state index contributed by atoms with van der Waals surface area (Å²) in [4.78, 5) is 62.1. The van der Waals surface area contributed by atoms with Crippen LogP contribution in [-0.4, -0.2) is 65.7 Å². The van der Waals surface area contributed by atoms with Gasteiger partial charge < -0.3 is 9.72 Å². The van der Waals surface area contributed by atoms with E-state index in [1.165, 1.54) is 18.3 Å². The fourth-order valence-electron chi connectivity index (χ4n) is 5.04. The maximum atomic E-state index is 12.8. The number of fused-ring (bicyclic) bond motifs is 1. The number of aromatic nitrogens is 6. The molecule has 2 unspecified atom stereocenters. The number of carbonyl (C=O) groups excluding carboxylic acids is 3. The molecule has 5 heterocycles. The Kier molecular flexibility index (Phi) is 5.74. The van der Waals surface area contributed by atoms with Gasteiger partial charge in [0.05, 0.1) is 5.69 Å². The molecular formula is C29H25N9O3. The van der Waals surface area contributed by atoms with Gasteiger partial charge in [-0.05, 0) is 61.6 Å². The van der Waals surface area contributed by atoms with Crippen molar-refractivity contribution in [1.29, 1.82) is 0 Å². The summed E-state index contributed by atoms with van der Waals surface area (Å²) < 4.78 is 1.86. The number of hydrogen-bond donors (Lipinski definition) is 1. The molecule has 1 saturated heterocycles. The van der Waals surface area contributed by atoms with Crippen LogP contribution in [0.3, 0.4) is 0 Å². The summed E-state index contributed by atoms with van der Waals surface area (Å²) in [5.41, 5.74) is 4.00. The van der Waals surface area contributed by atoms with Crippen LogP contribution in [0.1, 0.15) is 59.6 Å². The standard InChI is InChI=1S/C29H25N9O3/c1-16-7-8-30-26(33-16)21-11-22(21)28(40)35-24-10-19(31-15-32-24)5-6-20-13-37-12-18(17-3-4-17)9-23(27(37)34-20)38-14-25(39)36(2)29(38)41/h7-10,12-13,15,17,21-22H,3-4,11,14H2,1-2H3,(H,31,32,35,40). The number of nitrogens with zero attached hydrogens (tertiary/aromatic N) is 8. The molecule has 7 rings (SSSR count). The smallest absolute Gasteiger partial charge is 0.310 e. The first-order chi connectivity index (χ1) is 19.8. The minimum atomic E-state index is -0.375. The molecule has 0 radical (unpaired) electrons. The SMILES string of the molecule is Cc1ccnc(C2CC2C(=O)Nc2cc(C#Cc3cn4cc(C5CC5)cc(N5CC(=O)N(C)C5=O)c4n3)ncn2)n1. The van der Waals surface area contributed by atoms with Crippen LogP contribution < -0.4 is 10.2 Å². The van der Waals surface area contributed by atoms with Crippen LogP contribution in [0.25, 0.3) is 5.65 Å². The number of urea groups is 1. The van der Waals surface area contributed by atoms with Crippen LogP contribution in [0.4, 0.5) is 16.3 Å². The molecule has 4 aromatic heterocycles. The number of rotatable bonds is 5. The molecule has 3 aliphatic rings. The van der Waals surface area contributed by atoms with Crippen molar-refractivity contribution in [1.82, 2.24) is 34.2 Å². The molecule has 3 fully saturated rings. The van der Waals surface area contributed by atoms with Crippen molar-refractivity contribution in [3.05, 3.63) is 71.6 Å². The maximum absolute atomic E-state index is 12.8. The summed E-state index contributed by atoms with van der Waals surface area (Å²) >= 11 is 0. The van der Waals surface area contributed by atoms with Gasteiger partial charge in [0, 0.05) is 49.2 Å². The van der Waals surface area contributed by atoms with E-state index in [0.717, 1.165) is 29.0 Å². The molecule has 2 saturated carbocycles. The predicted molar refractivity (Wildman–Crippen MR) is 147 cm³/mol. The van der Waals surface area contributed by atoms with E-state index in [0.29, 0.717) is 46.7 Å². The summed E-state index contributed by atoms with van der Waals surface area (Å²) in [7, 11) is 1.48. The normalized spacial score (nSPS) is 19.9. The number of hydrogen-bond acceptors (Lipinski definition) is 8. The molecule has 0 spiro atoms. The fraction of sp³-hybridized carbons (Fsp3) is 0.310. The first kappa shape index (κ1) is 24.8. The Hall–Kier alpha value is -5.18. The van der Waals surface area contributed by atoms with Crippen LogP contribution in [0, 0.1) is 24.7 Å². The second-order valence-electron chi connectivity index (χ2n) is 10.6. The van der Waals surface area contributed by atoms with E-state index in [-0.39, 0.29) is 36.2 Å². The lowest BCUT2D eigenvalue weighted by Crippen LogP contribution is -2.30. The van der Waals surface area contributed by atoms with Crippen molar-refractivity contribution in [3.8, 4) is 11.8 Å². The van der Waals surface area contributed by atoms with Crippen molar-refractivity contribution in [2.24, 2.45) is 5.92 Å². The van der Waals surface area contributed by atoms with Gasteiger partial charge in [-0.1, -0.05) is 0 Å². The molecule has 12 heteroatoms. The Labute approximate surface area is 234 Å². The van der Waals surface area contributed by atoms with Crippen molar-refractivity contribution >= 4 is 35.0 Å². The maximum Gasteiger partial charge on any atom is 0.331 e. The zero-order chi connectivity index (χ0) is 28.2. The number of aryl methyl sites for hydroxylation is 1. The number of imidazole rings is 1. The molecule has 4 aromatic rings. The number of likely N-dealkylation sites (N-methyl/N-ethyl adjacent to an activating group) is 1. The molecule has 2 atom stereocenters. The van der Waals surface area contributed by atoms with Crippen LogP contribution in [0.15, 0.2) is 43.1 Å². The largest absolute Gasteiger partial charge is 0.331 e. The van der Waals surface area contributed by atoms with E-state index in [1.54, 1.807) is 18.5 Å². The number of amides is 4. The Bertz CT molecular complexity index is 1820. The van der Waals surface area contributed by atoms with Gasteiger partial charge in [-0.2, -0.15) is 0 Å². The third-order valence-corrected chi connectivity index (χ3v) is 7.59. The molecule has 4 amide bonds. The summed E-state index contributed by atoms with van der Waals surface area (Å²) in [6.45, 7) is 1.88. The van der Waals surface area contributed by atoms with Gasteiger partial charge >= 0.3 is 6.03 Å². The molecule has 1 aliphatic heterocycles. The lowest BCUT2D eigenvalue weighted by atomic mass is 10.1. The fourth-order valence-corrected chi connectivity index (χ4v) is 5.04. The van der Waals surface area contributed by atoms with Crippen LogP contribution in [-0.2, 0) is 9.59 Å². The summed E-state index contributed by atoms with van der Waals surface area (Å²) in [5, 5.41) is 2.85. The minimum Gasteiger partial charge on any atom is -0.310 e. The third-order valence-electron chi connectivity index (χ3n) is 7.59. The number of anilines is 2. The third kappa shape index (κ3) is 4.75. The zero-order valence-electron chi connectivity index (χ0n) is 22.4. The van der Waals surface area contributed by atoms with E-state index in [9.17, 15) is 14.4 Å². The number of carbonyl (C=O) groups is 3. The number of pyridine rings is 1. The highest BCUT2D eigenvalue weighted by Gasteiger charge is 2.46. The lowest BCUT2D eigenvalue weighted by molar-refractivity contribution is -0.124.